The highest BCUT2D eigenvalue weighted by Crippen LogP contribution is 2.41. The van der Waals surface area contributed by atoms with Gasteiger partial charge in [0.05, 0.1) is 17.2 Å². The SMILES string of the molecule is CC(C#N)Cc1nc(C2SCCSC2C)no1. The minimum absolute atomic E-state index is 0.0749. The van der Waals surface area contributed by atoms with Gasteiger partial charge in [-0.05, 0) is 6.92 Å². The van der Waals surface area contributed by atoms with Crippen molar-refractivity contribution in [3.63, 3.8) is 0 Å². The van der Waals surface area contributed by atoms with Gasteiger partial charge in [-0.25, -0.2) is 0 Å². The maximum Gasteiger partial charge on any atom is 0.227 e. The summed E-state index contributed by atoms with van der Waals surface area (Å²) in [7, 11) is 0. The van der Waals surface area contributed by atoms with Crippen molar-refractivity contribution in [2.24, 2.45) is 5.92 Å². The summed E-state index contributed by atoms with van der Waals surface area (Å²) in [5.74, 6) is 3.62. The highest BCUT2D eigenvalue weighted by Gasteiger charge is 2.28. The average Bonchev–Trinajstić information content (AvgIpc) is 2.78. The molecule has 1 aliphatic rings. The first-order valence-electron chi connectivity index (χ1n) is 5.66. The average molecular weight is 269 g/mol. The molecule has 1 fully saturated rings. The third kappa shape index (κ3) is 3.17. The van der Waals surface area contributed by atoms with Gasteiger partial charge in [0, 0.05) is 23.2 Å². The lowest BCUT2D eigenvalue weighted by molar-refractivity contribution is 0.364. The molecule has 0 saturated carbocycles. The van der Waals surface area contributed by atoms with Crippen LogP contribution in [-0.2, 0) is 6.42 Å². The van der Waals surface area contributed by atoms with Crippen LogP contribution in [0.3, 0.4) is 0 Å². The molecule has 4 nitrogen and oxygen atoms in total. The van der Waals surface area contributed by atoms with E-state index in [4.69, 9.17) is 9.78 Å². The molecule has 2 rings (SSSR count). The predicted octanol–water partition coefficient (Wildman–Crippen LogP) is 2.68. The van der Waals surface area contributed by atoms with Crippen molar-refractivity contribution < 1.29 is 4.52 Å². The zero-order valence-electron chi connectivity index (χ0n) is 9.92. The van der Waals surface area contributed by atoms with Crippen LogP contribution in [0.5, 0.6) is 0 Å². The van der Waals surface area contributed by atoms with Crippen LogP contribution in [-0.4, -0.2) is 26.9 Å². The van der Waals surface area contributed by atoms with E-state index in [0.717, 1.165) is 11.6 Å². The van der Waals surface area contributed by atoms with E-state index < -0.39 is 0 Å². The van der Waals surface area contributed by atoms with E-state index in [-0.39, 0.29) is 5.92 Å². The Hall–Kier alpha value is -0.670. The first-order chi connectivity index (χ1) is 8.20. The molecule has 0 amide bonds. The number of aromatic nitrogens is 2. The second-order valence-electron chi connectivity index (χ2n) is 4.15. The summed E-state index contributed by atoms with van der Waals surface area (Å²) in [6.07, 6.45) is 0.544. The van der Waals surface area contributed by atoms with Crippen LogP contribution in [0.25, 0.3) is 0 Å². The van der Waals surface area contributed by atoms with Crippen molar-refractivity contribution in [2.75, 3.05) is 11.5 Å². The molecule has 92 valence electrons. The number of hydrogen-bond acceptors (Lipinski definition) is 6. The third-order valence-electron chi connectivity index (χ3n) is 2.63. The zero-order chi connectivity index (χ0) is 12.3. The van der Waals surface area contributed by atoms with Gasteiger partial charge in [-0.15, -0.1) is 11.8 Å². The molecular formula is C11H15N3OS2. The Kier molecular flexibility index (Phi) is 4.35. The molecular weight excluding hydrogens is 254 g/mol. The molecule has 1 aliphatic heterocycles. The third-order valence-corrected chi connectivity index (χ3v) is 5.71. The van der Waals surface area contributed by atoms with Crippen LogP contribution in [0.2, 0.25) is 0 Å². The smallest absolute Gasteiger partial charge is 0.227 e. The molecule has 0 bridgehead atoms. The molecule has 3 atom stereocenters. The fourth-order valence-electron chi connectivity index (χ4n) is 1.69. The maximum atomic E-state index is 8.75. The van der Waals surface area contributed by atoms with Crippen LogP contribution in [0.1, 0.15) is 30.8 Å². The molecule has 2 heterocycles. The number of nitriles is 1. The summed E-state index contributed by atoms with van der Waals surface area (Å²) >= 11 is 3.85. The molecule has 0 aromatic carbocycles. The Morgan fingerprint density at radius 2 is 2.29 bits per heavy atom. The van der Waals surface area contributed by atoms with Gasteiger partial charge in [0.2, 0.25) is 5.89 Å². The Morgan fingerprint density at radius 1 is 1.53 bits per heavy atom. The number of nitrogens with zero attached hydrogens (tertiary/aromatic N) is 3. The lowest BCUT2D eigenvalue weighted by atomic mass is 10.1. The van der Waals surface area contributed by atoms with Gasteiger partial charge in [0.25, 0.3) is 0 Å². The van der Waals surface area contributed by atoms with Gasteiger partial charge in [0.1, 0.15) is 0 Å². The number of hydrogen-bond donors (Lipinski definition) is 0. The van der Waals surface area contributed by atoms with E-state index in [1.54, 1.807) is 0 Å². The van der Waals surface area contributed by atoms with Crippen molar-refractivity contribution in [3.05, 3.63) is 11.7 Å². The Balaban J connectivity index is 2.04. The van der Waals surface area contributed by atoms with Crippen molar-refractivity contribution in [1.29, 1.82) is 5.26 Å². The van der Waals surface area contributed by atoms with Gasteiger partial charge >= 0.3 is 0 Å². The summed E-state index contributed by atoms with van der Waals surface area (Å²) in [6, 6.07) is 2.17. The second kappa shape index (κ2) is 5.78. The van der Waals surface area contributed by atoms with E-state index in [0.29, 0.717) is 22.8 Å². The Labute approximate surface area is 110 Å². The fraction of sp³-hybridized carbons (Fsp3) is 0.727. The summed E-state index contributed by atoms with van der Waals surface area (Å²) in [5.41, 5.74) is 0. The topological polar surface area (TPSA) is 62.7 Å². The van der Waals surface area contributed by atoms with Crippen LogP contribution in [0, 0.1) is 17.2 Å². The van der Waals surface area contributed by atoms with Gasteiger partial charge < -0.3 is 4.52 Å². The Morgan fingerprint density at radius 3 is 3.00 bits per heavy atom. The van der Waals surface area contributed by atoms with Gasteiger partial charge in [-0.1, -0.05) is 12.1 Å². The first kappa shape index (κ1) is 12.8. The first-order valence-corrected chi connectivity index (χ1v) is 7.75. The molecule has 1 aromatic heterocycles. The van der Waals surface area contributed by atoms with E-state index in [1.165, 1.54) is 5.75 Å². The number of thioether (sulfide) groups is 2. The quantitative estimate of drug-likeness (QED) is 0.840. The minimum Gasteiger partial charge on any atom is -0.339 e. The molecule has 1 saturated heterocycles. The van der Waals surface area contributed by atoms with Crippen LogP contribution in [0.15, 0.2) is 4.52 Å². The predicted molar refractivity (Wildman–Crippen MR) is 69.9 cm³/mol. The lowest BCUT2D eigenvalue weighted by Crippen LogP contribution is -2.16. The fourth-order valence-corrected chi connectivity index (χ4v) is 4.37. The van der Waals surface area contributed by atoms with E-state index >= 15 is 0 Å². The summed E-state index contributed by atoms with van der Waals surface area (Å²) in [4.78, 5) is 4.41. The van der Waals surface area contributed by atoms with Crippen LogP contribution < -0.4 is 0 Å². The second-order valence-corrected chi connectivity index (χ2v) is 6.88. The van der Waals surface area contributed by atoms with Crippen LogP contribution >= 0.6 is 23.5 Å². The molecule has 6 heteroatoms. The Bertz CT molecular complexity index is 415. The molecule has 3 unspecified atom stereocenters. The van der Waals surface area contributed by atoms with Gasteiger partial charge in [0.15, 0.2) is 5.82 Å². The summed E-state index contributed by atoms with van der Waals surface area (Å²) in [5, 5.41) is 13.6. The van der Waals surface area contributed by atoms with Crippen molar-refractivity contribution in [1.82, 2.24) is 10.1 Å². The van der Waals surface area contributed by atoms with Crippen molar-refractivity contribution >= 4 is 23.5 Å². The lowest BCUT2D eigenvalue weighted by Gasteiger charge is -2.24. The van der Waals surface area contributed by atoms with Crippen molar-refractivity contribution in [2.45, 2.75) is 30.8 Å². The van der Waals surface area contributed by atoms with Gasteiger partial charge in [-0.2, -0.15) is 22.0 Å². The molecule has 1 aromatic rings. The number of rotatable bonds is 3. The molecule has 0 aliphatic carbocycles. The minimum atomic E-state index is -0.0749. The normalized spacial score (nSPS) is 26.4. The van der Waals surface area contributed by atoms with Crippen molar-refractivity contribution in [3.8, 4) is 6.07 Å². The summed E-state index contributed by atoms with van der Waals surface area (Å²) < 4.78 is 5.20. The van der Waals surface area contributed by atoms with E-state index in [1.807, 2.05) is 30.4 Å². The maximum absolute atomic E-state index is 8.75. The monoisotopic (exact) mass is 269 g/mol. The van der Waals surface area contributed by atoms with Crippen LogP contribution in [0.4, 0.5) is 0 Å². The summed E-state index contributed by atoms with van der Waals surface area (Å²) in [6.45, 7) is 4.06. The largest absolute Gasteiger partial charge is 0.339 e. The standard InChI is InChI=1S/C11H15N3OS2/c1-7(6-12)5-9-13-11(14-15-9)10-8(2)16-3-4-17-10/h7-8,10H,3-5H2,1-2H3. The highest BCUT2D eigenvalue weighted by molar-refractivity contribution is 8.06. The molecule has 17 heavy (non-hydrogen) atoms. The van der Waals surface area contributed by atoms with E-state index in [9.17, 15) is 0 Å². The highest BCUT2D eigenvalue weighted by atomic mass is 32.2. The van der Waals surface area contributed by atoms with Gasteiger partial charge in [-0.3, -0.25) is 0 Å². The molecule has 0 N–H and O–H groups in total. The molecule has 0 radical (unpaired) electrons. The van der Waals surface area contributed by atoms with E-state index in [2.05, 4.69) is 23.1 Å². The molecule has 0 spiro atoms. The zero-order valence-corrected chi connectivity index (χ0v) is 11.6.